The topological polar surface area (TPSA) is 68.1 Å². The van der Waals surface area contributed by atoms with Crippen LogP contribution in [0.1, 0.15) is 45.1 Å². The fraction of sp³-hybridized carbons (Fsp3) is 0.552. The number of benzene rings is 2. The molecule has 1 aliphatic carbocycles. The number of piperazine rings is 1. The zero-order valence-electron chi connectivity index (χ0n) is 22.4. The molecule has 38 heavy (non-hydrogen) atoms. The van der Waals surface area contributed by atoms with Gasteiger partial charge in [0.2, 0.25) is 0 Å². The SMILES string of the molecule is CC(C)(Oc1cccc(N2CCC[C@@H]([N+](=O)N(Cc3ccc(I)cc3)C3CC3)C2)c1)C(=O)N1CCNCC1. The smallest absolute Gasteiger partial charge is 0.266 e. The average molecular weight is 633 g/mol. The molecule has 0 radical (unpaired) electrons. The van der Waals surface area contributed by atoms with Gasteiger partial charge in [-0.3, -0.25) is 4.79 Å². The number of nitroso groups, excluding NO2 is 1. The van der Waals surface area contributed by atoms with E-state index in [0.717, 1.165) is 51.0 Å². The highest BCUT2D eigenvalue weighted by atomic mass is 127. The Morgan fingerprint density at radius 2 is 1.84 bits per heavy atom. The zero-order valence-corrected chi connectivity index (χ0v) is 24.6. The molecule has 0 bridgehead atoms. The van der Waals surface area contributed by atoms with Gasteiger partial charge >= 0.3 is 0 Å². The molecule has 0 spiro atoms. The summed E-state index contributed by atoms with van der Waals surface area (Å²) in [5.41, 5.74) is 1.25. The van der Waals surface area contributed by atoms with Gasteiger partial charge in [-0.2, -0.15) is 0 Å². The molecule has 9 heteroatoms. The lowest BCUT2D eigenvalue weighted by Gasteiger charge is -2.35. The summed E-state index contributed by atoms with van der Waals surface area (Å²) in [5, 5.41) is 5.33. The summed E-state index contributed by atoms with van der Waals surface area (Å²) in [4.78, 5) is 32.2. The summed E-state index contributed by atoms with van der Waals surface area (Å²) < 4.78 is 7.46. The van der Waals surface area contributed by atoms with Crippen LogP contribution in [0.3, 0.4) is 0 Å². The van der Waals surface area contributed by atoms with Crippen LogP contribution < -0.4 is 15.0 Å². The molecule has 1 atom stereocenters. The number of hydrazine groups is 1. The summed E-state index contributed by atoms with van der Waals surface area (Å²) in [6.45, 7) is 8.94. The third kappa shape index (κ3) is 6.59. The summed E-state index contributed by atoms with van der Waals surface area (Å²) >= 11 is 2.31. The Balaban J connectivity index is 1.24. The maximum absolute atomic E-state index is 13.7. The predicted octanol–water partition coefficient (Wildman–Crippen LogP) is 4.21. The van der Waals surface area contributed by atoms with E-state index in [1.54, 1.807) is 0 Å². The molecule has 5 rings (SSSR count). The summed E-state index contributed by atoms with van der Waals surface area (Å²) in [6, 6.07) is 16.7. The monoisotopic (exact) mass is 632 g/mol. The first-order chi connectivity index (χ1) is 18.3. The summed E-state index contributed by atoms with van der Waals surface area (Å²) in [5.74, 6) is 0.688. The minimum absolute atomic E-state index is 0.0118. The van der Waals surface area contributed by atoms with Crippen molar-refractivity contribution in [1.29, 1.82) is 0 Å². The number of carbonyl (C=O) groups is 1. The van der Waals surface area contributed by atoms with Crippen molar-refractivity contribution in [2.75, 3.05) is 44.2 Å². The molecule has 8 nitrogen and oxygen atoms in total. The molecule has 2 saturated heterocycles. The molecule has 3 fully saturated rings. The number of rotatable bonds is 9. The van der Waals surface area contributed by atoms with Crippen LogP contribution in [0.15, 0.2) is 48.5 Å². The van der Waals surface area contributed by atoms with E-state index < -0.39 is 5.60 Å². The Hall–Kier alpha value is -2.40. The number of anilines is 1. The van der Waals surface area contributed by atoms with Crippen molar-refractivity contribution in [3.63, 3.8) is 0 Å². The first-order valence-corrected chi connectivity index (χ1v) is 14.9. The van der Waals surface area contributed by atoms with E-state index >= 15 is 0 Å². The van der Waals surface area contributed by atoms with Crippen molar-refractivity contribution in [2.45, 2.75) is 63.8 Å². The first kappa shape index (κ1) is 27.2. The van der Waals surface area contributed by atoms with Gasteiger partial charge in [-0.15, -0.1) is 5.01 Å². The fourth-order valence-electron chi connectivity index (χ4n) is 5.42. The van der Waals surface area contributed by atoms with Crippen molar-refractivity contribution < 1.29 is 14.4 Å². The third-order valence-corrected chi connectivity index (χ3v) is 8.38. The van der Waals surface area contributed by atoms with E-state index in [2.05, 4.69) is 63.1 Å². The molecule has 1 saturated carbocycles. The predicted molar refractivity (Wildman–Crippen MR) is 157 cm³/mol. The lowest BCUT2D eigenvalue weighted by Crippen LogP contribution is -2.54. The lowest BCUT2D eigenvalue weighted by atomic mass is 10.0. The summed E-state index contributed by atoms with van der Waals surface area (Å²) in [6.07, 6.45) is 4.02. The Morgan fingerprint density at radius 1 is 1.11 bits per heavy atom. The van der Waals surface area contributed by atoms with Crippen LogP contribution in [0.5, 0.6) is 5.75 Å². The van der Waals surface area contributed by atoms with Crippen LogP contribution in [-0.2, 0) is 11.3 Å². The molecule has 0 unspecified atom stereocenters. The molecule has 1 amide bonds. The van der Waals surface area contributed by atoms with Crippen molar-refractivity contribution in [3.05, 3.63) is 62.6 Å². The largest absolute Gasteiger partial charge is 0.478 e. The first-order valence-electron chi connectivity index (χ1n) is 13.8. The molecular formula is C29H39IN5O3+. The lowest BCUT2D eigenvalue weighted by molar-refractivity contribution is -0.740. The van der Waals surface area contributed by atoms with Gasteiger partial charge in [0.05, 0.1) is 17.5 Å². The van der Waals surface area contributed by atoms with Gasteiger partial charge in [0.1, 0.15) is 17.2 Å². The molecule has 2 aliphatic heterocycles. The van der Waals surface area contributed by atoms with E-state index in [0.29, 0.717) is 38.0 Å². The highest BCUT2D eigenvalue weighted by Gasteiger charge is 2.43. The molecule has 2 heterocycles. The van der Waals surface area contributed by atoms with E-state index in [-0.39, 0.29) is 11.9 Å². The molecular weight excluding hydrogens is 593 g/mol. The van der Waals surface area contributed by atoms with Crippen molar-refractivity contribution in [1.82, 2.24) is 15.2 Å². The minimum Gasteiger partial charge on any atom is -0.478 e. The van der Waals surface area contributed by atoms with Crippen LogP contribution in [0.25, 0.3) is 0 Å². The number of ether oxygens (including phenoxy) is 1. The van der Waals surface area contributed by atoms with Crippen LogP contribution in [0.2, 0.25) is 0 Å². The minimum atomic E-state index is -0.952. The second kappa shape index (κ2) is 11.8. The van der Waals surface area contributed by atoms with Gasteiger partial charge in [-0.05, 0) is 85.5 Å². The number of hydrogen-bond acceptors (Lipinski definition) is 5. The zero-order chi connectivity index (χ0) is 26.7. The van der Waals surface area contributed by atoms with Gasteiger partial charge < -0.3 is 19.9 Å². The van der Waals surface area contributed by atoms with Gasteiger partial charge in [-0.1, -0.05) is 18.2 Å². The standard InChI is InChI=1S/C29H39IN5O3/c1-29(2,28(36)32-17-14-31-15-18-32)38-27-7-3-5-25(19-27)33-16-4-6-26(21-33)35(37)34(24-12-13-24)20-22-8-10-23(30)11-9-22/h3,5,7-11,19,24,26,31H,4,6,12-18,20-21H2,1-2H3/q+1/t26-/m1/s1. The number of nitrogens with zero attached hydrogens (tertiary/aromatic N) is 4. The van der Waals surface area contributed by atoms with Crippen LogP contribution >= 0.6 is 22.6 Å². The molecule has 0 aromatic heterocycles. The molecule has 1 N–H and O–H groups in total. The van der Waals surface area contributed by atoms with Gasteiger partial charge in [0.15, 0.2) is 5.60 Å². The molecule has 2 aromatic rings. The maximum Gasteiger partial charge on any atom is 0.266 e. The molecule has 204 valence electrons. The number of hydrogen-bond donors (Lipinski definition) is 1. The van der Waals surface area contributed by atoms with Crippen LogP contribution in [0, 0.1) is 8.48 Å². The fourth-order valence-corrected chi connectivity index (χ4v) is 5.78. The number of halogens is 1. The quantitative estimate of drug-likeness (QED) is 0.254. The number of amides is 1. The van der Waals surface area contributed by atoms with Crippen LogP contribution in [-0.4, -0.2) is 77.6 Å². The molecule has 3 aliphatic rings. The average Bonchev–Trinajstić information content (AvgIpc) is 3.78. The Bertz CT molecular complexity index is 1130. The highest BCUT2D eigenvalue weighted by molar-refractivity contribution is 14.1. The van der Waals surface area contributed by atoms with E-state index in [4.69, 9.17) is 4.74 Å². The second-order valence-electron chi connectivity index (χ2n) is 11.2. The van der Waals surface area contributed by atoms with E-state index in [1.165, 1.54) is 14.0 Å². The second-order valence-corrected chi connectivity index (χ2v) is 12.4. The van der Waals surface area contributed by atoms with Crippen LogP contribution in [0.4, 0.5) is 5.69 Å². The third-order valence-electron chi connectivity index (χ3n) is 7.66. The van der Waals surface area contributed by atoms with E-state index in [1.807, 2.05) is 42.0 Å². The van der Waals surface area contributed by atoms with Crippen molar-refractivity contribution in [2.24, 2.45) is 0 Å². The van der Waals surface area contributed by atoms with Gasteiger partial charge in [0, 0.05) is 54.5 Å². The van der Waals surface area contributed by atoms with E-state index in [9.17, 15) is 9.70 Å². The van der Waals surface area contributed by atoms with Crippen molar-refractivity contribution in [3.8, 4) is 5.75 Å². The van der Waals surface area contributed by atoms with Crippen molar-refractivity contribution >= 4 is 34.2 Å². The molecule has 2 aromatic carbocycles. The normalized spacial score (nSPS) is 20.2. The highest BCUT2D eigenvalue weighted by Crippen LogP contribution is 2.32. The maximum atomic E-state index is 13.7. The van der Waals surface area contributed by atoms with Gasteiger partial charge in [0.25, 0.3) is 11.9 Å². The van der Waals surface area contributed by atoms with Gasteiger partial charge in [-0.25, -0.2) is 0 Å². The Labute approximate surface area is 239 Å². The number of piperidine rings is 1. The number of nitrogens with one attached hydrogen (secondary N) is 1. The Kier molecular flexibility index (Phi) is 8.42. The number of carbonyl (C=O) groups excluding carboxylic acids is 1. The summed E-state index contributed by atoms with van der Waals surface area (Å²) in [7, 11) is 0. The Morgan fingerprint density at radius 3 is 2.55 bits per heavy atom.